The van der Waals surface area contributed by atoms with Crippen molar-refractivity contribution < 1.29 is 14.3 Å². The Morgan fingerprint density at radius 1 is 1.24 bits per heavy atom. The van der Waals surface area contributed by atoms with Gasteiger partial charge in [0.15, 0.2) is 5.13 Å². The maximum atomic E-state index is 12.3. The molecular weight excluding hydrogens is 336 g/mol. The van der Waals surface area contributed by atoms with Crippen LogP contribution in [0.4, 0.5) is 5.13 Å². The van der Waals surface area contributed by atoms with Crippen molar-refractivity contribution >= 4 is 32.6 Å². The number of carbonyl (C=O) groups excluding carboxylic acids is 1. The Morgan fingerprint density at radius 2 is 2.04 bits per heavy atom. The molecule has 3 aromatic rings. The van der Waals surface area contributed by atoms with Crippen LogP contribution in [0.2, 0.25) is 0 Å². The molecule has 0 fully saturated rings. The Kier molecular flexibility index (Phi) is 5.19. The van der Waals surface area contributed by atoms with Gasteiger partial charge in [-0.1, -0.05) is 29.5 Å². The van der Waals surface area contributed by atoms with Gasteiger partial charge < -0.3 is 14.8 Å². The number of ether oxygens (including phenoxy) is 2. The van der Waals surface area contributed by atoms with Gasteiger partial charge >= 0.3 is 0 Å². The van der Waals surface area contributed by atoms with Crippen LogP contribution in [-0.2, 0) is 11.2 Å². The van der Waals surface area contributed by atoms with E-state index in [1.54, 1.807) is 7.11 Å². The van der Waals surface area contributed by atoms with Gasteiger partial charge in [-0.3, -0.25) is 4.79 Å². The molecular formula is C19H20N2O3S. The van der Waals surface area contributed by atoms with Crippen molar-refractivity contribution in [1.82, 2.24) is 4.98 Å². The predicted molar refractivity (Wildman–Crippen MR) is 101 cm³/mol. The molecule has 0 aliphatic carbocycles. The molecule has 1 N–H and O–H groups in total. The summed E-state index contributed by atoms with van der Waals surface area (Å²) in [4.78, 5) is 16.8. The molecule has 130 valence electrons. The number of carbonyl (C=O) groups is 1. The summed E-state index contributed by atoms with van der Waals surface area (Å²) >= 11 is 1.43. The Labute approximate surface area is 150 Å². The zero-order chi connectivity index (χ0) is 17.8. The molecule has 0 spiro atoms. The van der Waals surface area contributed by atoms with Gasteiger partial charge in [-0.05, 0) is 43.7 Å². The van der Waals surface area contributed by atoms with Crippen LogP contribution in [-0.4, -0.2) is 24.1 Å². The first-order valence-corrected chi connectivity index (χ1v) is 8.86. The molecule has 5 nitrogen and oxygen atoms in total. The molecule has 6 heteroatoms. The van der Waals surface area contributed by atoms with E-state index in [-0.39, 0.29) is 18.4 Å². The minimum atomic E-state index is -0.111. The number of aromatic nitrogens is 1. The number of rotatable bonds is 6. The van der Waals surface area contributed by atoms with E-state index >= 15 is 0 Å². The largest absolute Gasteiger partial charge is 0.494 e. The first-order valence-electron chi connectivity index (χ1n) is 8.04. The Bertz CT molecular complexity index is 889. The second-order valence-electron chi connectivity index (χ2n) is 5.86. The first-order chi connectivity index (χ1) is 12.0. The van der Waals surface area contributed by atoms with Crippen molar-refractivity contribution in [3.63, 3.8) is 0 Å². The van der Waals surface area contributed by atoms with Gasteiger partial charge in [-0.15, -0.1) is 0 Å². The maximum absolute atomic E-state index is 12.3. The van der Waals surface area contributed by atoms with Crippen molar-refractivity contribution in [3.05, 3.63) is 48.0 Å². The lowest BCUT2D eigenvalue weighted by atomic mass is 10.1. The summed E-state index contributed by atoms with van der Waals surface area (Å²) in [5.74, 6) is 1.36. The fourth-order valence-corrected chi connectivity index (χ4v) is 3.39. The van der Waals surface area contributed by atoms with Crippen molar-refractivity contribution in [1.29, 1.82) is 0 Å². The molecule has 0 saturated heterocycles. The van der Waals surface area contributed by atoms with Gasteiger partial charge in [0.1, 0.15) is 17.0 Å². The fraction of sp³-hybridized carbons (Fsp3) is 0.263. The Morgan fingerprint density at radius 3 is 2.80 bits per heavy atom. The van der Waals surface area contributed by atoms with Crippen molar-refractivity contribution in [2.45, 2.75) is 26.4 Å². The SMILES string of the molecule is COc1cccc2sc(NC(=O)Cc3cccc(OC(C)C)c3)nc12. The average Bonchev–Trinajstić information content (AvgIpc) is 2.96. The van der Waals surface area contributed by atoms with Gasteiger partial charge in [0.25, 0.3) is 0 Å². The van der Waals surface area contributed by atoms with Crippen molar-refractivity contribution in [2.75, 3.05) is 12.4 Å². The highest BCUT2D eigenvalue weighted by molar-refractivity contribution is 7.22. The van der Waals surface area contributed by atoms with Crippen LogP contribution >= 0.6 is 11.3 Å². The van der Waals surface area contributed by atoms with E-state index in [0.717, 1.165) is 21.5 Å². The number of nitrogens with one attached hydrogen (secondary N) is 1. The van der Waals surface area contributed by atoms with Gasteiger partial charge in [0, 0.05) is 0 Å². The second-order valence-corrected chi connectivity index (χ2v) is 6.90. The molecule has 1 aromatic heterocycles. The molecule has 0 unspecified atom stereocenters. The number of anilines is 1. The lowest BCUT2D eigenvalue weighted by Gasteiger charge is -2.10. The van der Waals surface area contributed by atoms with Crippen LogP contribution in [0, 0.1) is 0 Å². The summed E-state index contributed by atoms with van der Waals surface area (Å²) in [6, 6.07) is 13.3. The number of thiazole rings is 1. The standard InChI is InChI=1S/C19H20N2O3S/c1-12(2)24-14-7-4-6-13(10-14)11-17(22)20-19-21-18-15(23-3)8-5-9-16(18)25-19/h4-10,12H,11H2,1-3H3,(H,20,21,22). The molecule has 3 rings (SSSR count). The highest BCUT2D eigenvalue weighted by atomic mass is 32.1. The van der Waals surface area contributed by atoms with E-state index < -0.39 is 0 Å². The highest BCUT2D eigenvalue weighted by Crippen LogP contribution is 2.32. The number of nitrogens with zero attached hydrogens (tertiary/aromatic N) is 1. The molecule has 1 heterocycles. The first kappa shape index (κ1) is 17.2. The number of fused-ring (bicyclic) bond motifs is 1. The summed E-state index contributed by atoms with van der Waals surface area (Å²) in [7, 11) is 1.61. The number of hydrogen-bond donors (Lipinski definition) is 1. The number of methoxy groups -OCH3 is 1. The highest BCUT2D eigenvalue weighted by Gasteiger charge is 2.12. The van der Waals surface area contributed by atoms with Crippen molar-refractivity contribution in [2.24, 2.45) is 0 Å². The molecule has 0 saturated carbocycles. The van der Waals surface area contributed by atoms with Crippen LogP contribution < -0.4 is 14.8 Å². The summed E-state index contributed by atoms with van der Waals surface area (Å²) in [5.41, 5.74) is 1.66. The molecule has 1 amide bonds. The fourth-order valence-electron chi connectivity index (χ4n) is 2.49. The quantitative estimate of drug-likeness (QED) is 0.716. The maximum Gasteiger partial charge on any atom is 0.230 e. The third-order valence-electron chi connectivity index (χ3n) is 3.48. The number of hydrogen-bond acceptors (Lipinski definition) is 5. The van der Waals surface area contributed by atoms with E-state index in [9.17, 15) is 4.79 Å². The number of amides is 1. The van der Waals surface area contributed by atoms with E-state index in [1.807, 2.05) is 56.3 Å². The molecule has 0 aliphatic rings. The predicted octanol–water partition coefficient (Wildman–Crippen LogP) is 4.27. The van der Waals surface area contributed by atoms with Crippen LogP contribution in [0.3, 0.4) is 0 Å². The zero-order valence-electron chi connectivity index (χ0n) is 14.4. The van der Waals surface area contributed by atoms with Crippen LogP contribution in [0.1, 0.15) is 19.4 Å². The molecule has 0 aliphatic heterocycles. The number of para-hydroxylation sites is 1. The topological polar surface area (TPSA) is 60.5 Å². The number of benzene rings is 2. The van der Waals surface area contributed by atoms with Gasteiger partial charge in [0.2, 0.25) is 5.91 Å². The minimum absolute atomic E-state index is 0.0989. The van der Waals surface area contributed by atoms with E-state index in [0.29, 0.717) is 10.9 Å². The molecule has 0 atom stereocenters. The van der Waals surface area contributed by atoms with Crippen LogP contribution in [0.5, 0.6) is 11.5 Å². The smallest absolute Gasteiger partial charge is 0.230 e. The molecule has 25 heavy (non-hydrogen) atoms. The van der Waals surface area contributed by atoms with Gasteiger partial charge in [0.05, 0.1) is 24.3 Å². The molecule has 0 radical (unpaired) electrons. The van der Waals surface area contributed by atoms with Crippen molar-refractivity contribution in [3.8, 4) is 11.5 Å². The van der Waals surface area contributed by atoms with Crippen LogP contribution in [0.15, 0.2) is 42.5 Å². The summed E-state index contributed by atoms with van der Waals surface area (Å²) in [6.07, 6.45) is 0.365. The van der Waals surface area contributed by atoms with E-state index in [4.69, 9.17) is 9.47 Å². The van der Waals surface area contributed by atoms with Crippen LogP contribution in [0.25, 0.3) is 10.2 Å². The third kappa shape index (κ3) is 4.28. The third-order valence-corrected chi connectivity index (χ3v) is 4.42. The van der Waals surface area contributed by atoms with E-state index in [1.165, 1.54) is 11.3 Å². The normalized spacial score (nSPS) is 10.9. The lowest BCUT2D eigenvalue weighted by Crippen LogP contribution is -2.14. The Balaban J connectivity index is 1.70. The Hall–Kier alpha value is -2.60. The lowest BCUT2D eigenvalue weighted by molar-refractivity contribution is -0.115. The average molecular weight is 356 g/mol. The van der Waals surface area contributed by atoms with Gasteiger partial charge in [-0.2, -0.15) is 0 Å². The van der Waals surface area contributed by atoms with Gasteiger partial charge in [-0.25, -0.2) is 4.98 Å². The zero-order valence-corrected chi connectivity index (χ0v) is 15.2. The monoisotopic (exact) mass is 356 g/mol. The second kappa shape index (κ2) is 7.53. The van der Waals surface area contributed by atoms with E-state index in [2.05, 4.69) is 10.3 Å². The molecule has 2 aromatic carbocycles. The summed E-state index contributed by atoms with van der Waals surface area (Å²) in [5, 5.41) is 3.43. The summed E-state index contributed by atoms with van der Waals surface area (Å²) < 4.78 is 11.9. The minimum Gasteiger partial charge on any atom is -0.494 e. The summed E-state index contributed by atoms with van der Waals surface area (Å²) in [6.45, 7) is 3.95. The molecule has 0 bridgehead atoms.